The second-order valence-electron chi connectivity index (χ2n) is 4.24. The van der Waals surface area contributed by atoms with Crippen molar-refractivity contribution in [3.8, 4) is 11.3 Å². The van der Waals surface area contributed by atoms with Crippen LogP contribution in [0.2, 0.25) is 0 Å². The number of aromatic nitrogens is 1. The maximum absolute atomic E-state index is 10.7. The maximum atomic E-state index is 10.7. The Morgan fingerprint density at radius 1 is 1.37 bits per heavy atom. The second-order valence-corrected chi connectivity index (χ2v) is 5.03. The summed E-state index contributed by atoms with van der Waals surface area (Å²) in [6.07, 6.45) is 1.85. The van der Waals surface area contributed by atoms with E-state index >= 15 is 0 Å². The molecule has 4 nitrogen and oxygen atoms in total. The van der Waals surface area contributed by atoms with Crippen LogP contribution in [0.3, 0.4) is 0 Å². The molecular weight excluding hydrogens is 310 g/mol. The van der Waals surface area contributed by atoms with Gasteiger partial charge in [-0.1, -0.05) is 39.3 Å². The summed E-state index contributed by atoms with van der Waals surface area (Å²) in [5, 5.41) is 13.7. The Hall–Kier alpha value is -1.62. The highest BCUT2D eigenvalue weighted by atomic mass is 79.9. The normalized spacial score (nSPS) is 10.6. The first-order valence-electron chi connectivity index (χ1n) is 6.01. The van der Waals surface area contributed by atoms with E-state index in [1.165, 1.54) is 0 Å². The predicted octanol–water partition coefficient (Wildman–Crippen LogP) is 3.30. The fourth-order valence-corrected chi connectivity index (χ4v) is 2.10. The van der Waals surface area contributed by atoms with Crippen LogP contribution < -0.4 is 0 Å². The quantitative estimate of drug-likeness (QED) is 0.828. The molecule has 0 aliphatic heterocycles. The van der Waals surface area contributed by atoms with Crippen molar-refractivity contribution in [1.82, 2.24) is 5.16 Å². The summed E-state index contributed by atoms with van der Waals surface area (Å²) in [7, 11) is 0. The van der Waals surface area contributed by atoms with Crippen molar-refractivity contribution < 1.29 is 14.4 Å². The minimum atomic E-state index is -0.838. The Morgan fingerprint density at radius 3 is 2.95 bits per heavy atom. The van der Waals surface area contributed by atoms with Gasteiger partial charge in [0, 0.05) is 23.4 Å². The Labute approximate surface area is 119 Å². The average molecular weight is 324 g/mol. The van der Waals surface area contributed by atoms with Gasteiger partial charge in [0.15, 0.2) is 0 Å². The number of nitrogens with zero attached hydrogens (tertiary/aromatic N) is 1. The number of carboxylic acid groups (broad SMARTS) is 1. The number of benzene rings is 1. The first kappa shape index (κ1) is 13.8. The lowest BCUT2D eigenvalue weighted by molar-refractivity contribution is -0.136. The highest BCUT2D eigenvalue weighted by Crippen LogP contribution is 2.21. The molecule has 1 aromatic carbocycles. The van der Waals surface area contributed by atoms with E-state index in [1.807, 2.05) is 24.3 Å². The van der Waals surface area contributed by atoms with Gasteiger partial charge in [-0.3, -0.25) is 4.79 Å². The first-order valence-corrected chi connectivity index (χ1v) is 7.14. The Bertz CT molecular complexity index is 565. The molecule has 1 N–H and O–H groups in total. The molecule has 0 radical (unpaired) electrons. The minimum Gasteiger partial charge on any atom is -0.481 e. The lowest BCUT2D eigenvalue weighted by Crippen LogP contribution is -1.99. The minimum absolute atomic E-state index is 0.0160. The number of alkyl halides is 1. The van der Waals surface area contributed by atoms with Crippen LogP contribution in [0, 0.1) is 0 Å². The number of hydrogen-bond donors (Lipinski definition) is 1. The standard InChI is InChI=1S/C14H14BrNO3/c15-6-2-5-12-9-13(16-19-12)11-4-1-3-10(7-11)8-14(17)18/h1,3-4,7,9H,2,5-6,8H2,(H,17,18). The first-order chi connectivity index (χ1) is 9.19. The van der Waals surface area contributed by atoms with Crippen molar-refractivity contribution in [2.75, 3.05) is 5.33 Å². The van der Waals surface area contributed by atoms with Gasteiger partial charge in [-0.25, -0.2) is 0 Å². The van der Waals surface area contributed by atoms with Gasteiger partial charge in [0.05, 0.1) is 6.42 Å². The summed E-state index contributed by atoms with van der Waals surface area (Å²) in [5.41, 5.74) is 2.39. The molecule has 0 atom stereocenters. The molecule has 5 heteroatoms. The van der Waals surface area contributed by atoms with Gasteiger partial charge >= 0.3 is 5.97 Å². The van der Waals surface area contributed by atoms with Crippen LogP contribution in [0.25, 0.3) is 11.3 Å². The number of rotatable bonds is 6. The third kappa shape index (κ3) is 3.92. The second kappa shape index (κ2) is 6.52. The van der Waals surface area contributed by atoms with E-state index in [2.05, 4.69) is 21.1 Å². The zero-order chi connectivity index (χ0) is 13.7. The number of aryl methyl sites for hydroxylation is 1. The molecule has 1 heterocycles. The summed E-state index contributed by atoms with van der Waals surface area (Å²) in [6, 6.07) is 9.27. The van der Waals surface area contributed by atoms with Gasteiger partial charge in [0.1, 0.15) is 11.5 Å². The summed E-state index contributed by atoms with van der Waals surface area (Å²) >= 11 is 3.37. The van der Waals surface area contributed by atoms with Crippen molar-refractivity contribution in [3.05, 3.63) is 41.7 Å². The van der Waals surface area contributed by atoms with Crippen molar-refractivity contribution in [1.29, 1.82) is 0 Å². The van der Waals surface area contributed by atoms with E-state index in [4.69, 9.17) is 9.63 Å². The van der Waals surface area contributed by atoms with E-state index in [0.29, 0.717) is 0 Å². The molecule has 0 unspecified atom stereocenters. The lowest BCUT2D eigenvalue weighted by atomic mass is 10.1. The topological polar surface area (TPSA) is 63.3 Å². The van der Waals surface area contributed by atoms with Crippen molar-refractivity contribution in [2.24, 2.45) is 0 Å². The van der Waals surface area contributed by atoms with E-state index in [9.17, 15) is 4.79 Å². The lowest BCUT2D eigenvalue weighted by Gasteiger charge is -1.99. The van der Waals surface area contributed by atoms with Crippen LogP contribution in [0.1, 0.15) is 17.7 Å². The van der Waals surface area contributed by atoms with Gasteiger partial charge < -0.3 is 9.63 Å². The molecule has 0 bridgehead atoms. The van der Waals surface area contributed by atoms with Crippen LogP contribution in [0.5, 0.6) is 0 Å². The summed E-state index contributed by atoms with van der Waals surface area (Å²) in [5.74, 6) is 0.00778. The Kier molecular flexibility index (Phi) is 4.74. The summed E-state index contributed by atoms with van der Waals surface area (Å²) in [6.45, 7) is 0. The fraction of sp³-hybridized carbons (Fsp3) is 0.286. The van der Waals surface area contributed by atoms with Gasteiger partial charge in [-0.2, -0.15) is 0 Å². The van der Waals surface area contributed by atoms with E-state index in [1.54, 1.807) is 6.07 Å². The third-order valence-electron chi connectivity index (χ3n) is 2.69. The summed E-state index contributed by atoms with van der Waals surface area (Å²) in [4.78, 5) is 10.7. The number of carbonyl (C=O) groups is 1. The monoisotopic (exact) mass is 323 g/mol. The smallest absolute Gasteiger partial charge is 0.307 e. The SMILES string of the molecule is O=C(O)Cc1cccc(-c2cc(CCCBr)on2)c1. The van der Waals surface area contributed by atoms with Crippen LogP contribution in [0.15, 0.2) is 34.9 Å². The molecule has 0 aliphatic carbocycles. The average Bonchev–Trinajstić information content (AvgIpc) is 2.84. The Morgan fingerprint density at radius 2 is 2.21 bits per heavy atom. The van der Waals surface area contributed by atoms with E-state index in [-0.39, 0.29) is 6.42 Å². The van der Waals surface area contributed by atoms with E-state index in [0.717, 1.165) is 40.8 Å². The Balaban J connectivity index is 2.16. The largest absolute Gasteiger partial charge is 0.481 e. The molecular formula is C14H14BrNO3. The molecule has 0 spiro atoms. The highest BCUT2D eigenvalue weighted by molar-refractivity contribution is 9.09. The van der Waals surface area contributed by atoms with Crippen LogP contribution in [-0.4, -0.2) is 21.6 Å². The zero-order valence-corrected chi connectivity index (χ0v) is 11.9. The van der Waals surface area contributed by atoms with Gasteiger partial charge in [0.25, 0.3) is 0 Å². The number of carboxylic acids is 1. The van der Waals surface area contributed by atoms with Crippen LogP contribution in [-0.2, 0) is 17.6 Å². The molecule has 2 aromatic rings. The predicted molar refractivity (Wildman–Crippen MR) is 75.4 cm³/mol. The molecule has 100 valence electrons. The maximum Gasteiger partial charge on any atom is 0.307 e. The molecule has 2 rings (SSSR count). The van der Waals surface area contributed by atoms with Gasteiger partial charge in [-0.15, -0.1) is 0 Å². The molecule has 0 fully saturated rings. The number of halogens is 1. The zero-order valence-electron chi connectivity index (χ0n) is 10.3. The number of hydrogen-bond acceptors (Lipinski definition) is 3. The van der Waals surface area contributed by atoms with Gasteiger partial charge in [0.2, 0.25) is 0 Å². The van der Waals surface area contributed by atoms with Crippen molar-refractivity contribution >= 4 is 21.9 Å². The third-order valence-corrected chi connectivity index (χ3v) is 3.25. The number of aliphatic carboxylic acids is 1. The molecule has 0 saturated carbocycles. The molecule has 0 aliphatic rings. The van der Waals surface area contributed by atoms with E-state index < -0.39 is 5.97 Å². The van der Waals surface area contributed by atoms with Crippen molar-refractivity contribution in [2.45, 2.75) is 19.3 Å². The highest BCUT2D eigenvalue weighted by Gasteiger charge is 2.08. The van der Waals surface area contributed by atoms with Gasteiger partial charge in [-0.05, 0) is 18.1 Å². The molecule has 1 aromatic heterocycles. The van der Waals surface area contributed by atoms with Crippen LogP contribution >= 0.6 is 15.9 Å². The molecule has 0 saturated heterocycles. The molecule has 0 amide bonds. The van der Waals surface area contributed by atoms with Crippen molar-refractivity contribution in [3.63, 3.8) is 0 Å². The fourth-order valence-electron chi connectivity index (χ4n) is 1.82. The molecule has 19 heavy (non-hydrogen) atoms. The summed E-state index contributed by atoms with van der Waals surface area (Å²) < 4.78 is 5.25. The van der Waals surface area contributed by atoms with Crippen LogP contribution in [0.4, 0.5) is 0 Å².